The standard InChI is InChI=1S/C30H33N3O2/c1-3-32(4-2)30(35)26-14-16-28(17-15-26)33-20-18-31(19-21-33)23-27-10-6-5-9-25(27)13-12-24-8-7-11-29(34)22-24/h5-11,14-17,22,34H,3-4,18-21,23H2,1-2H3. The van der Waals surface area contributed by atoms with Gasteiger partial charge in [-0.15, -0.1) is 0 Å². The van der Waals surface area contributed by atoms with Crippen molar-refractivity contribution in [3.63, 3.8) is 0 Å². The minimum absolute atomic E-state index is 0.0946. The van der Waals surface area contributed by atoms with Crippen LogP contribution in [0.3, 0.4) is 0 Å². The van der Waals surface area contributed by atoms with Crippen LogP contribution in [-0.2, 0) is 6.54 Å². The summed E-state index contributed by atoms with van der Waals surface area (Å²) in [7, 11) is 0. The smallest absolute Gasteiger partial charge is 0.253 e. The number of piperazine rings is 1. The van der Waals surface area contributed by atoms with Gasteiger partial charge in [0.1, 0.15) is 5.75 Å². The average molecular weight is 468 g/mol. The van der Waals surface area contributed by atoms with Crippen molar-refractivity contribution in [2.75, 3.05) is 44.2 Å². The van der Waals surface area contributed by atoms with Crippen molar-refractivity contribution in [1.29, 1.82) is 0 Å². The predicted molar refractivity (Wildman–Crippen MR) is 142 cm³/mol. The number of phenolic OH excluding ortho intramolecular Hbond substituents is 1. The Morgan fingerprint density at radius 2 is 1.60 bits per heavy atom. The molecule has 3 aromatic carbocycles. The van der Waals surface area contributed by atoms with Crippen LogP contribution in [0.1, 0.15) is 40.9 Å². The third kappa shape index (κ3) is 6.23. The highest BCUT2D eigenvalue weighted by Gasteiger charge is 2.19. The maximum atomic E-state index is 12.6. The first-order chi connectivity index (χ1) is 17.1. The lowest BCUT2D eigenvalue weighted by atomic mass is 10.1. The molecular weight excluding hydrogens is 434 g/mol. The fourth-order valence-corrected chi connectivity index (χ4v) is 4.42. The number of amides is 1. The first-order valence-corrected chi connectivity index (χ1v) is 12.3. The highest BCUT2D eigenvalue weighted by Crippen LogP contribution is 2.20. The highest BCUT2D eigenvalue weighted by atomic mass is 16.3. The maximum Gasteiger partial charge on any atom is 0.253 e. The molecule has 1 heterocycles. The lowest BCUT2D eigenvalue weighted by molar-refractivity contribution is 0.0773. The number of phenols is 1. The summed E-state index contributed by atoms with van der Waals surface area (Å²) >= 11 is 0. The zero-order valence-electron chi connectivity index (χ0n) is 20.6. The summed E-state index contributed by atoms with van der Waals surface area (Å²) in [6.07, 6.45) is 0. The van der Waals surface area contributed by atoms with E-state index in [2.05, 4.69) is 52.0 Å². The normalized spacial score (nSPS) is 13.7. The molecule has 3 aromatic rings. The van der Waals surface area contributed by atoms with Gasteiger partial charge in [0.2, 0.25) is 0 Å². The summed E-state index contributed by atoms with van der Waals surface area (Å²) < 4.78 is 0. The van der Waals surface area contributed by atoms with Crippen LogP contribution in [0, 0.1) is 11.8 Å². The molecule has 180 valence electrons. The van der Waals surface area contributed by atoms with Crippen LogP contribution in [0.25, 0.3) is 0 Å². The van der Waals surface area contributed by atoms with Crippen LogP contribution in [-0.4, -0.2) is 60.1 Å². The molecule has 1 N–H and O–H groups in total. The van der Waals surface area contributed by atoms with Gasteiger partial charge in [0.15, 0.2) is 0 Å². The van der Waals surface area contributed by atoms with Crippen LogP contribution >= 0.6 is 0 Å². The Hall–Kier alpha value is -3.75. The summed E-state index contributed by atoms with van der Waals surface area (Å²) in [5.41, 5.74) is 4.95. The summed E-state index contributed by atoms with van der Waals surface area (Å²) in [5.74, 6) is 6.78. The summed E-state index contributed by atoms with van der Waals surface area (Å²) in [6.45, 7) is 10.2. The molecule has 1 amide bonds. The first-order valence-electron chi connectivity index (χ1n) is 12.3. The monoisotopic (exact) mass is 467 g/mol. The summed E-state index contributed by atoms with van der Waals surface area (Å²) in [6, 6.07) is 23.4. The number of anilines is 1. The van der Waals surface area contributed by atoms with Crippen molar-refractivity contribution in [3.8, 4) is 17.6 Å². The second-order valence-corrected chi connectivity index (χ2v) is 8.74. The topological polar surface area (TPSA) is 47.0 Å². The van der Waals surface area contributed by atoms with Gasteiger partial charge in [-0.1, -0.05) is 36.1 Å². The lowest BCUT2D eigenvalue weighted by Gasteiger charge is -2.36. The summed E-state index contributed by atoms with van der Waals surface area (Å²) in [5, 5.41) is 9.67. The number of aromatic hydroxyl groups is 1. The molecular formula is C30H33N3O2. The Morgan fingerprint density at radius 3 is 2.29 bits per heavy atom. The second kappa shape index (κ2) is 11.6. The van der Waals surface area contributed by atoms with E-state index >= 15 is 0 Å². The van der Waals surface area contributed by atoms with Gasteiger partial charge < -0.3 is 14.9 Å². The minimum atomic E-state index is 0.0946. The minimum Gasteiger partial charge on any atom is -0.508 e. The zero-order chi connectivity index (χ0) is 24.6. The molecule has 0 unspecified atom stereocenters. The molecule has 35 heavy (non-hydrogen) atoms. The Balaban J connectivity index is 1.36. The van der Waals surface area contributed by atoms with E-state index in [-0.39, 0.29) is 11.7 Å². The van der Waals surface area contributed by atoms with Gasteiger partial charge in [-0.05, 0) is 67.9 Å². The van der Waals surface area contributed by atoms with Crippen molar-refractivity contribution in [1.82, 2.24) is 9.80 Å². The molecule has 0 spiro atoms. The van der Waals surface area contributed by atoms with Crippen molar-refractivity contribution in [2.45, 2.75) is 20.4 Å². The first kappa shape index (κ1) is 24.4. The maximum absolute atomic E-state index is 12.6. The van der Waals surface area contributed by atoms with E-state index in [1.165, 1.54) is 5.56 Å². The van der Waals surface area contributed by atoms with E-state index in [0.29, 0.717) is 0 Å². The second-order valence-electron chi connectivity index (χ2n) is 8.74. The molecule has 1 saturated heterocycles. The van der Waals surface area contributed by atoms with E-state index in [1.54, 1.807) is 18.2 Å². The number of nitrogens with zero attached hydrogens (tertiary/aromatic N) is 3. The van der Waals surface area contributed by atoms with Crippen LogP contribution in [0.2, 0.25) is 0 Å². The molecule has 4 rings (SSSR count). The molecule has 0 atom stereocenters. The van der Waals surface area contributed by atoms with Crippen LogP contribution < -0.4 is 4.90 Å². The molecule has 5 heteroatoms. The Morgan fingerprint density at radius 1 is 0.886 bits per heavy atom. The van der Waals surface area contributed by atoms with Crippen molar-refractivity contribution in [2.24, 2.45) is 0 Å². The van der Waals surface area contributed by atoms with E-state index in [1.807, 2.05) is 43.0 Å². The number of carbonyl (C=O) groups excluding carboxylic acids is 1. The molecule has 0 aromatic heterocycles. The highest BCUT2D eigenvalue weighted by molar-refractivity contribution is 5.94. The quantitative estimate of drug-likeness (QED) is 0.539. The van der Waals surface area contributed by atoms with Crippen molar-refractivity contribution in [3.05, 3.63) is 95.1 Å². The zero-order valence-corrected chi connectivity index (χ0v) is 20.6. The van der Waals surface area contributed by atoms with E-state index in [4.69, 9.17) is 0 Å². The fourth-order valence-electron chi connectivity index (χ4n) is 4.42. The van der Waals surface area contributed by atoms with Crippen molar-refractivity contribution >= 4 is 11.6 Å². The number of benzene rings is 3. The van der Waals surface area contributed by atoms with Crippen LogP contribution in [0.15, 0.2) is 72.8 Å². The molecule has 0 aliphatic carbocycles. The Kier molecular flexibility index (Phi) is 8.07. The van der Waals surface area contributed by atoms with Gasteiger partial charge in [-0.25, -0.2) is 0 Å². The average Bonchev–Trinajstić information content (AvgIpc) is 2.89. The third-order valence-corrected chi connectivity index (χ3v) is 6.50. The lowest BCUT2D eigenvalue weighted by Crippen LogP contribution is -2.46. The number of carbonyl (C=O) groups is 1. The molecule has 0 bridgehead atoms. The van der Waals surface area contributed by atoms with E-state index in [9.17, 15) is 9.90 Å². The molecule has 5 nitrogen and oxygen atoms in total. The summed E-state index contributed by atoms with van der Waals surface area (Å²) in [4.78, 5) is 19.3. The van der Waals surface area contributed by atoms with Gasteiger partial charge in [0, 0.05) is 68.2 Å². The molecule has 1 fully saturated rings. The molecule has 0 saturated carbocycles. The Labute approximate surface area is 208 Å². The van der Waals surface area contributed by atoms with Gasteiger partial charge in [-0.2, -0.15) is 0 Å². The van der Waals surface area contributed by atoms with Gasteiger partial charge in [-0.3, -0.25) is 9.69 Å². The number of rotatable bonds is 6. The fraction of sp³-hybridized carbons (Fsp3) is 0.300. The molecule has 1 aliphatic heterocycles. The van der Waals surface area contributed by atoms with E-state index < -0.39 is 0 Å². The molecule has 0 radical (unpaired) electrons. The van der Waals surface area contributed by atoms with Gasteiger partial charge in [0.25, 0.3) is 5.91 Å². The molecule has 1 aliphatic rings. The largest absolute Gasteiger partial charge is 0.508 e. The van der Waals surface area contributed by atoms with Gasteiger partial charge >= 0.3 is 0 Å². The SMILES string of the molecule is CCN(CC)C(=O)c1ccc(N2CCN(Cc3ccccc3C#Cc3cccc(O)c3)CC2)cc1. The van der Waals surface area contributed by atoms with Gasteiger partial charge in [0.05, 0.1) is 0 Å². The number of hydrogen-bond donors (Lipinski definition) is 1. The number of hydrogen-bond acceptors (Lipinski definition) is 4. The van der Waals surface area contributed by atoms with Crippen LogP contribution in [0.5, 0.6) is 5.75 Å². The third-order valence-electron chi connectivity index (χ3n) is 6.50. The van der Waals surface area contributed by atoms with E-state index in [0.717, 1.165) is 68.2 Å². The predicted octanol–water partition coefficient (Wildman–Crippen LogP) is 4.60. The van der Waals surface area contributed by atoms with Crippen LogP contribution in [0.4, 0.5) is 5.69 Å². The Bertz CT molecular complexity index is 1200. The van der Waals surface area contributed by atoms with Crippen molar-refractivity contribution < 1.29 is 9.90 Å².